The van der Waals surface area contributed by atoms with Crippen LogP contribution in [0.4, 0.5) is 8.78 Å². The third kappa shape index (κ3) is 4.27. The fraction of sp³-hybridized carbons (Fsp3) is 0. The molecule has 1 aromatic heterocycles. The molecule has 0 aliphatic rings. The van der Waals surface area contributed by atoms with Gasteiger partial charge in [-0.25, -0.2) is 23.4 Å². The second kappa shape index (κ2) is 8.33. The van der Waals surface area contributed by atoms with Crippen LogP contribution in [0.3, 0.4) is 0 Å². The number of carbonyl (C=O) groups excluding carboxylic acids is 2. The molecular weight excluding hydrogens is 415 g/mol. The lowest BCUT2D eigenvalue weighted by Gasteiger charge is -2.09. The van der Waals surface area contributed by atoms with E-state index in [1.807, 2.05) is 0 Å². The minimum atomic E-state index is -1.05. The zero-order valence-electron chi connectivity index (χ0n) is 13.8. The third-order valence-electron chi connectivity index (χ3n) is 3.39. The summed E-state index contributed by atoms with van der Waals surface area (Å²) in [5, 5.41) is -0.226. The van der Waals surface area contributed by atoms with E-state index in [2.05, 4.69) is 4.98 Å². The summed E-state index contributed by atoms with van der Waals surface area (Å²) < 4.78 is 37.3. The van der Waals surface area contributed by atoms with Crippen LogP contribution in [0.25, 0.3) is 0 Å². The molecule has 0 spiro atoms. The van der Waals surface area contributed by atoms with E-state index < -0.39 is 35.1 Å². The number of rotatable bonds is 4. The van der Waals surface area contributed by atoms with Crippen LogP contribution < -0.4 is 9.47 Å². The molecule has 0 aliphatic heterocycles. The molecule has 0 N–H and O–H groups in total. The largest absolute Gasteiger partial charge is 0.417 e. The minimum Gasteiger partial charge on any atom is -0.417 e. The number of ether oxygens (including phenoxy) is 2. The Labute approximate surface area is 167 Å². The van der Waals surface area contributed by atoms with Crippen molar-refractivity contribution < 1.29 is 27.8 Å². The van der Waals surface area contributed by atoms with Gasteiger partial charge in [0.2, 0.25) is 0 Å². The molecule has 0 unspecified atom stereocenters. The number of hydrogen-bond donors (Lipinski definition) is 0. The second-order valence-corrected chi connectivity index (χ2v) is 6.10. The number of carbonyl (C=O) groups is 2. The molecule has 142 valence electrons. The molecule has 3 rings (SSSR count). The first-order valence-corrected chi connectivity index (χ1v) is 8.42. The Bertz CT molecular complexity index is 954. The van der Waals surface area contributed by atoms with Gasteiger partial charge in [-0.2, -0.15) is 0 Å². The van der Waals surface area contributed by atoms with Crippen molar-refractivity contribution in [1.82, 2.24) is 4.98 Å². The maximum atomic E-state index is 13.7. The van der Waals surface area contributed by atoms with Gasteiger partial charge >= 0.3 is 11.9 Å². The first kappa shape index (κ1) is 19.7. The lowest BCUT2D eigenvalue weighted by molar-refractivity contribution is 0.0715. The quantitative estimate of drug-likeness (QED) is 0.431. The summed E-state index contributed by atoms with van der Waals surface area (Å²) in [6, 6.07) is 11.3. The monoisotopic (exact) mass is 423 g/mol. The zero-order chi connectivity index (χ0) is 20.3. The number of para-hydroxylation sites is 2. The highest BCUT2D eigenvalue weighted by molar-refractivity contribution is 6.32. The molecule has 0 atom stereocenters. The van der Waals surface area contributed by atoms with Crippen LogP contribution in [0.1, 0.15) is 21.0 Å². The lowest BCUT2D eigenvalue weighted by atomic mass is 10.3. The standard InChI is InChI=1S/C19H9Cl2F2NO4/c20-10-4-1-6-12(22)16(10)27-18(25)14-8-3-9-15(24-14)19(26)28-17-11(21)5-2-7-13(17)23/h1-9H. The van der Waals surface area contributed by atoms with E-state index in [4.69, 9.17) is 32.7 Å². The number of esters is 2. The van der Waals surface area contributed by atoms with Gasteiger partial charge in [-0.15, -0.1) is 0 Å². The van der Waals surface area contributed by atoms with Crippen LogP contribution >= 0.6 is 23.2 Å². The molecule has 0 saturated carbocycles. The normalized spacial score (nSPS) is 10.4. The first-order chi connectivity index (χ1) is 13.4. The van der Waals surface area contributed by atoms with Crippen LogP contribution in [0.2, 0.25) is 10.0 Å². The second-order valence-electron chi connectivity index (χ2n) is 5.29. The van der Waals surface area contributed by atoms with Crippen molar-refractivity contribution in [2.45, 2.75) is 0 Å². The molecular formula is C19H9Cl2F2NO4. The van der Waals surface area contributed by atoms with Gasteiger partial charge in [-0.05, 0) is 36.4 Å². The summed E-state index contributed by atoms with van der Waals surface area (Å²) in [4.78, 5) is 28.2. The van der Waals surface area contributed by atoms with Gasteiger partial charge < -0.3 is 9.47 Å². The van der Waals surface area contributed by atoms with Crippen molar-refractivity contribution >= 4 is 35.1 Å². The van der Waals surface area contributed by atoms with Crippen LogP contribution in [-0.2, 0) is 0 Å². The maximum Gasteiger partial charge on any atom is 0.362 e. The fourth-order valence-electron chi connectivity index (χ4n) is 2.11. The Morgan fingerprint density at radius 1 is 0.714 bits per heavy atom. The number of nitrogens with zero attached hydrogens (tertiary/aromatic N) is 1. The molecule has 2 aromatic carbocycles. The molecule has 5 nitrogen and oxygen atoms in total. The predicted molar refractivity (Wildman–Crippen MR) is 97.0 cm³/mol. The number of aromatic nitrogens is 1. The Morgan fingerprint density at radius 2 is 1.11 bits per heavy atom. The van der Waals surface area contributed by atoms with E-state index in [0.717, 1.165) is 12.1 Å². The van der Waals surface area contributed by atoms with E-state index in [1.54, 1.807) is 0 Å². The molecule has 3 aromatic rings. The van der Waals surface area contributed by atoms with E-state index in [9.17, 15) is 18.4 Å². The van der Waals surface area contributed by atoms with Crippen molar-refractivity contribution in [2.24, 2.45) is 0 Å². The Kier molecular flexibility index (Phi) is 5.87. The van der Waals surface area contributed by atoms with Gasteiger partial charge in [0, 0.05) is 0 Å². The Morgan fingerprint density at radius 3 is 1.50 bits per heavy atom. The van der Waals surface area contributed by atoms with Gasteiger partial charge in [0.15, 0.2) is 23.1 Å². The molecule has 28 heavy (non-hydrogen) atoms. The Balaban J connectivity index is 1.82. The summed E-state index contributed by atoms with van der Waals surface area (Å²) >= 11 is 11.6. The smallest absolute Gasteiger partial charge is 0.362 e. The minimum absolute atomic E-state index is 0.113. The predicted octanol–water partition coefficient (Wildman–Crippen LogP) is 5.11. The van der Waals surface area contributed by atoms with E-state index in [1.165, 1.54) is 42.5 Å². The zero-order valence-corrected chi connectivity index (χ0v) is 15.3. The van der Waals surface area contributed by atoms with Crippen LogP contribution in [0, 0.1) is 11.6 Å². The highest BCUT2D eigenvalue weighted by Gasteiger charge is 2.20. The van der Waals surface area contributed by atoms with Gasteiger partial charge in [0.05, 0.1) is 10.0 Å². The summed E-state index contributed by atoms with van der Waals surface area (Å²) in [5.74, 6) is -4.73. The average molecular weight is 424 g/mol. The van der Waals surface area contributed by atoms with Gasteiger partial charge in [0.1, 0.15) is 11.4 Å². The first-order valence-electron chi connectivity index (χ1n) is 7.66. The highest BCUT2D eigenvalue weighted by atomic mass is 35.5. The maximum absolute atomic E-state index is 13.7. The van der Waals surface area contributed by atoms with Gasteiger partial charge in [-0.3, -0.25) is 0 Å². The highest BCUT2D eigenvalue weighted by Crippen LogP contribution is 2.29. The van der Waals surface area contributed by atoms with Crippen molar-refractivity contribution in [2.75, 3.05) is 0 Å². The SMILES string of the molecule is O=C(Oc1c(F)cccc1Cl)c1cccc(C(=O)Oc2c(F)cccc2Cl)n1. The average Bonchev–Trinajstić information content (AvgIpc) is 2.67. The van der Waals surface area contributed by atoms with Crippen molar-refractivity contribution in [3.8, 4) is 11.5 Å². The van der Waals surface area contributed by atoms with Crippen molar-refractivity contribution in [1.29, 1.82) is 0 Å². The van der Waals surface area contributed by atoms with Crippen molar-refractivity contribution in [3.63, 3.8) is 0 Å². The number of halogens is 4. The van der Waals surface area contributed by atoms with E-state index in [-0.39, 0.29) is 21.4 Å². The van der Waals surface area contributed by atoms with Crippen molar-refractivity contribution in [3.05, 3.63) is 87.7 Å². The summed E-state index contributed by atoms with van der Waals surface area (Å²) in [5.41, 5.74) is -0.623. The summed E-state index contributed by atoms with van der Waals surface area (Å²) in [7, 11) is 0. The molecule has 1 heterocycles. The van der Waals surface area contributed by atoms with Gasteiger partial charge in [-0.1, -0.05) is 41.4 Å². The van der Waals surface area contributed by atoms with E-state index in [0.29, 0.717) is 0 Å². The number of hydrogen-bond acceptors (Lipinski definition) is 5. The summed E-state index contributed by atoms with van der Waals surface area (Å²) in [6.07, 6.45) is 0. The molecule has 0 aliphatic carbocycles. The summed E-state index contributed by atoms with van der Waals surface area (Å²) in [6.45, 7) is 0. The van der Waals surface area contributed by atoms with Crippen LogP contribution in [0.5, 0.6) is 11.5 Å². The number of benzene rings is 2. The lowest BCUT2D eigenvalue weighted by Crippen LogP contribution is -2.16. The molecule has 0 radical (unpaired) electrons. The molecule has 0 bridgehead atoms. The molecule has 0 fully saturated rings. The topological polar surface area (TPSA) is 65.5 Å². The van der Waals surface area contributed by atoms with E-state index >= 15 is 0 Å². The fourth-order valence-corrected chi connectivity index (χ4v) is 2.52. The molecule has 0 saturated heterocycles. The number of pyridine rings is 1. The third-order valence-corrected chi connectivity index (χ3v) is 3.99. The van der Waals surface area contributed by atoms with Gasteiger partial charge in [0.25, 0.3) is 0 Å². The van der Waals surface area contributed by atoms with Crippen LogP contribution in [-0.4, -0.2) is 16.9 Å². The van der Waals surface area contributed by atoms with Crippen LogP contribution in [0.15, 0.2) is 54.6 Å². The molecule has 9 heteroatoms. The molecule has 0 amide bonds. The Hall–Kier alpha value is -3.03.